The molecule has 1 rings (SSSR count). The summed E-state index contributed by atoms with van der Waals surface area (Å²) in [6, 6.07) is -0.260. The number of aliphatic carboxylic acids is 1. The highest BCUT2D eigenvalue weighted by Gasteiger charge is 2.33. The van der Waals surface area contributed by atoms with Gasteiger partial charge in [-0.05, 0) is 32.9 Å². The Morgan fingerprint density at radius 2 is 2.09 bits per heavy atom. The molecule has 1 fully saturated rings. The van der Waals surface area contributed by atoms with Crippen molar-refractivity contribution >= 4 is 5.97 Å². The Kier molecular flexibility index (Phi) is 2.49. The van der Waals surface area contributed by atoms with Gasteiger partial charge in [-0.1, -0.05) is 6.42 Å². The lowest BCUT2D eigenvalue weighted by Crippen LogP contribution is -2.44. The van der Waals surface area contributed by atoms with Gasteiger partial charge in [0, 0.05) is 0 Å². The Bertz CT molecular complexity index is 152. The molecular weight excluding hydrogens is 142 g/mol. The molecule has 64 valence electrons. The van der Waals surface area contributed by atoms with Crippen LogP contribution < -0.4 is 0 Å². The van der Waals surface area contributed by atoms with E-state index in [4.69, 9.17) is 5.11 Å². The second-order valence-corrected chi connectivity index (χ2v) is 3.44. The van der Waals surface area contributed by atoms with Crippen LogP contribution in [0.1, 0.15) is 19.3 Å². The molecule has 0 saturated heterocycles. The van der Waals surface area contributed by atoms with Crippen LogP contribution in [-0.4, -0.2) is 36.1 Å². The lowest BCUT2D eigenvalue weighted by molar-refractivity contribution is -0.145. The van der Waals surface area contributed by atoms with Crippen LogP contribution in [0.15, 0.2) is 0 Å². The Hall–Kier alpha value is -0.570. The first-order valence-electron chi connectivity index (χ1n) is 4.02. The molecule has 1 saturated carbocycles. The molecule has 1 aliphatic carbocycles. The van der Waals surface area contributed by atoms with Crippen LogP contribution in [0, 0.1) is 5.92 Å². The predicted molar refractivity (Wildman–Crippen MR) is 42.5 cm³/mol. The van der Waals surface area contributed by atoms with E-state index in [0.29, 0.717) is 5.92 Å². The largest absolute Gasteiger partial charge is 0.480 e. The highest BCUT2D eigenvalue weighted by atomic mass is 16.4. The predicted octanol–water partition coefficient (Wildman–Crippen LogP) is 0.801. The van der Waals surface area contributed by atoms with E-state index in [0.717, 1.165) is 12.8 Å². The SMILES string of the molecule is CN(C)[C@@H](C(=O)O)C1CCC1. The van der Waals surface area contributed by atoms with E-state index in [-0.39, 0.29) is 6.04 Å². The maximum atomic E-state index is 10.7. The van der Waals surface area contributed by atoms with Gasteiger partial charge in [-0.15, -0.1) is 0 Å². The van der Waals surface area contributed by atoms with Gasteiger partial charge >= 0.3 is 5.97 Å². The quantitative estimate of drug-likeness (QED) is 0.658. The van der Waals surface area contributed by atoms with Gasteiger partial charge in [0.15, 0.2) is 0 Å². The summed E-state index contributed by atoms with van der Waals surface area (Å²) >= 11 is 0. The van der Waals surface area contributed by atoms with E-state index < -0.39 is 5.97 Å². The maximum absolute atomic E-state index is 10.7. The fourth-order valence-electron chi connectivity index (χ4n) is 1.60. The van der Waals surface area contributed by atoms with E-state index in [1.165, 1.54) is 6.42 Å². The van der Waals surface area contributed by atoms with E-state index in [1.807, 2.05) is 14.1 Å². The topological polar surface area (TPSA) is 40.5 Å². The van der Waals surface area contributed by atoms with Crippen molar-refractivity contribution in [2.24, 2.45) is 5.92 Å². The summed E-state index contributed by atoms with van der Waals surface area (Å²) in [4.78, 5) is 12.5. The average molecular weight is 157 g/mol. The minimum absolute atomic E-state index is 0.260. The van der Waals surface area contributed by atoms with Crippen molar-refractivity contribution in [3.05, 3.63) is 0 Å². The second kappa shape index (κ2) is 3.22. The first-order valence-corrected chi connectivity index (χ1v) is 4.02. The Labute approximate surface area is 67.0 Å². The highest BCUT2D eigenvalue weighted by molar-refractivity contribution is 5.73. The van der Waals surface area contributed by atoms with Crippen molar-refractivity contribution in [2.75, 3.05) is 14.1 Å². The summed E-state index contributed by atoms with van der Waals surface area (Å²) in [7, 11) is 3.66. The molecule has 0 aromatic carbocycles. The minimum Gasteiger partial charge on any atom is -0.480 e. The molecule has 0 aromatic rings. The molecule has 3 nitrogen and oxygen atoms in total. The third-order valence-electron chi connectivity index (χ3n) is 2.41. The number of likely N-dealkylation sites (N-methyl/N-ethyl adjacent to an activating group) is 1. The lowest BCUT2D eigenvalue weighted by atomic mass is 9.79. The molecular formula is C8H15NO2. The zero-order valence-electron chi connectivity index (χ0n) is 7.08. The maximum Gasteiger partial charge on any atom is 0.321 e. The minimum atomic E-state index is -0.681. The summed E-state index contributed by atoms with van der Waals surface area (Å²) < 4.78 is 0. The van der Waals surface area contributed by atoms with Crippen molar-refractivity contribution < 1.29 is 9.90 Å². The van der Waals surface area contributed by atoms with Crippen LogP contribution in [0.2, 0.25) is 0 Å². The van der Waals surface area contributed by atoms with E-state index in [2.05, 4.69) is 0 Å². The highest BCUT2D eigenvalue weighted by Crippen LogP contribution is 2.31. The van der Waals surface area contributed by atoms with Crippen LogP contribution in [0.4, 0.5) is 0 Å². The number of hydrogen-bond acceptors (Lipinski definition) is 2. The fourth-order valence-corrected chi connectivity index (χ4v) is 1.60. The number of carboxylic acid groups (broad SMARTS) is 1. The molecule has 0 spiro atoms. The number of hydrogen-bond donors (Lipinski definition) is 1. The molecule has 3 heteroatoms. The Morgan fingerprint density at radius 3 is 2.18 bits per heavy atom. The smallest absolute Gasteiger partial charge is 0.321 e. The normalized spacial score (nSPS) is 21.4. The fraction of sp³-hybridized carbons (Fsp3) is 0.875. The average Bonchev–Trinajstić information content (AvgIpc) is 1.75. The van der Waals surface area contributed by atoms with Gasteiger partial charge < -0.3 is 5.11 Å². The zero-order chi connectivity index (χ0) is 8.43. The van der Waals surface area contributed by atoms with Crippen molar-refractivity contribution in [1.29, 1.82) is 0 Å². The summed E-state index contributed by atoms with van der Waals surface area (Å²) in [5.41, 5.74) is 0. The van der Waals surface area contributed by atoms with Gasteiger partial charge in [0.25, 0.3) is 0 Å². The van der Waals surface area contributed by atoms with Crippen LogP contribution in [-0.2, 0) is 4.79 Å². The van der Waals surface area contributed by atoms with Crippen LogP contribution in [0.5, 0.6) is 0 Å². The monoisotopic (exact) mass is 157 g/mol. The standard InChI is InChI=1S/C8H15NO2/c1-9(2)7(8(10)11)6-4-3-5-6/h6-7H,3-5H2,1-2H3,(H,10,11)/t7-/m1/s1. The molecule has 0 bridgehead atoms. The Morgan fingerprint density at radius 1 is 1.55 bits per heavy atom. The Balaban J connectivity index is 2.51. The van der Waals surface area contributed by atoms with Crippen molar-refractivity contribution in [2.45, 2.75) is 25.3 Å². The third kappa shape index (κ3) is 1.71. The zero-order valence-corrected chi connectivity index (χ0v) is 7.08. The molecule has 0 heterocycles. The van der Waals surface area contributed by atoms with Crippen molar-refractivity contribution in [1.82, 2.24) is 4.90 Å². The number of nitrogens with zero attached hydrogens (tertiary/aromatic N) is 1. The molecule has 1 aliphatic rings. The second-order valence-electron chi connectivity index (χ2n) is 3.44. The first-order chi connectivity index (χ1) is 5.13. The van der Waals surface area contributed by atoms with Crippen molar-refractivity contribution in [3.63, 3.8) is 0 Å². The van der Waals surface area contributed by atoms with E-state index in [9.17, 15) is 4.79 Å². The molecule has 0 amide bonds. The first kappa shape index (κ1) is 8.53. The van der Waals surface area contributed by atoms with Gasteiger partial charge in [-0.25, -0.2) is 0 Å². The lowest BCUT2D eigenvalue weighted by Gasteiger charge is -2.34. The summed E-state index contributed by atoms with van der Waals surface area (Å²) in [5.74, 6) is -0.290. The summed E-state index contributed by atoms with van der Waals surface area (Å²) in [6.45, 7) is 0. The van der Waals surface area contributed by atoms with Gasteiger partial charge in [-0.3, -0.25) is 9.69 Å². The molecule has 1 atom stereocenters. The molecule has 0 aliphatic heterocycles. The van der Waals surface area contributed by atoms with Gasteiger partial charge in [-0.2, -0.15) is 0 Å². The van der Waals surface area contributed by atoms with Gasteiger partial charge in [0.2, 0.25) is 0 Å². The molecule has 1 N–H and O–H groups in total. The number of carboxylic acids is 1. The number of rotatable bonds is 3. The van der Waals surface area contributed by atoms with Crippen LogP contribution in [0.3, 0.4) is 0 Å². The summed E-state index contributed by atoms with van der Waals surface area (Å²) in [6.07, 6.45) is 3.35. The van der Waals surface area contributed by atoms with Crippen LogP contribution in [0.25, 0.3) is 0 Å². The molecule has 0 unspecified atom stereocenters. The van der Waals surface area contributed by atoms with E-state index >= 15 is 0 Å². The van der Waals surface area contributed by atoms with Gasteiger partial charge in [0.05, 0.1) is 0 Å². The molecule has 11 heavy (non-hydrogen) atoms. The third-order valence-corrected chi connectivity index (χ3v) is 2.41. The number of carbonyl (C=O) groups is 1. The molecule has 0 radical (unpaired) electrons. The van der Waals surface area contributed by atoms with Crippen molar-refractivity contribution in [3.8, 4) is 0 Å². The van der Waals surface area contributed by atoms with Crippen LogP contribution >= 0.6 is 0 Å². The summed E-state index contributed by atoms with van der Waals surface area (Å²) in [5, 5.41) is 8.84. The van der Waals surface area contributed by atoms with E-state index in [1.54, 1.807) is 4.90 Å². The molecule has 0 aromatic heterocycles. The van der Waals surface area contributed by atoms with Gasteiger partial charge in [0.1, 0.15) is 6.04 Å².